The molecule has 1 aliphatic heterocycles. The van der Waals surface area contributed by atoms with Gasteiger partial charge in [0.2, 0.25) is 0 Å². The van der Waals surface area contributed by atoms with Crippen LogP contribution in [0.2, 0.25) is 5.02 Å². The minimum Gasteiger partial charge on any atom is -0.479 e. The number of hydrogen-bond acceptors (Lipinski definition) is 3. The number of ether oxygens (including phenoxy) is 1. The zero-order valence-electron chi connectivity index (χ0n) is 11.7. The van der Waals surface area contributed by atoms with Crippen LogP contribution >= 0.6 is 11.6 Å². The summed E-state index contributed by atoms with van der Waals surface area (Å²) in [6, 6.07) is 11.7. The van der Waals surface area contributed by atoms with Crippen molar-refractivity contribution in [2.75, 3.05) is 10.6 Å². The number of rotatable bonds is 2. The van der Waals surface area contributed by atoms with Crippen LogP contribution in [0.15, 0.2) is 42.5 Å². The van der Waals surface area contributed by atoms with Crippen molar-refractivity contribution in [3.63, 3.8) is 0 Å². The summed E-state index contributed by atoms with van der Waals surface area (Å²) in [7, 11) is 0. The maximum atomic E-state index is 12.1. The molecule has 2 aromatic rings. The summed E-state index contributed by atoms with van der Waals surface area (Å²) in [5.41, 5.74) is 1.60. The SMILES string of the molecule is C[C@H]1Oc2ccc(NC(=O)c3ccc(Cl)cc3)cc2NC1=O. The van der Waals surface area contributed by atoms with E-state index in [-0.39, 0.29) is 11.8 Å². The van der Waals surface area contributed by atoms with E-state index in [1.165, 1.54) is 0 Å². The lowest BCUT2D eigenvalue weighted by Crippen LogP contribution is -2.34. The van der Waals surface area contributed by atoms with E-state index in [0.717, 1.165) is 0 Å². The van der Waals surface area contributed by atoms with E-state index in [0.29, 0.717) is 27.7 Å². The van der Waals surface area contributed by atoms with Gasteiger partial charge in [-0.3, -0.25) is 9.59 Å². The lowest BCUT2D eigenvalue weighted by molar-refractivity contribution is -0.122. The highest BCUT2D eigenvalue weighted by Gasteiger charge is 2.23. The average Bonchev–Trinajstić information content (AvgIpc) is 2.49. The third kappa shape index (κ3) is 2.89. The Morgan fingerprint density at radius 1 is 1.23 bits per heavy atom. The number of fused-ring (bicyclic) bond motifs is 1. The van der Waals surface area contributed by atoms with Crippen molar-refractivity contribution in [1.82, 2.24) is 0 Å². The molecule has 0 bridgehead atoms. The summed E-state index contributed by atoms with van der Waals surface area (Å²) < 4.78 is 5.46. The second-order valence-corrected chi connectivity index (χ2v) is 5.36. The second-order valence-electron chi connectivity index (χ2n) is 4.92. The van der Waals surface area contributed by atoms with Crippen LogP contribution in [0.3, 0.4) is 0 Å². The summed E-state index contributed by atoms with van der Waals surface area (Å²) >= 11 is 5.80. The van der Waals surface area contributed by atoms with E-state index in [2.05, 4.69) is 10.6 Å². The van der Waals surface area contributed by atoms with Crippen molar-refractivity contribution in [3.8, 4) is 5.75 Å². The number of carbonyl (C=O) groups excluding carboxylic acids is 2. The van der Waals surface area contributed by atoms with Gasteiger partial charge in [0, 0.05) is 16.3 Å². The van der Waals surface area contributed by atoms with Gasteiger partial charge >= 0.3 is 0 Å². The van der Waals surface area contributed by atoms with Crippen LogP contribution in [-0.4, -0.2) is 17.9 Å². The predicted molar refractivity (Wildman–Crippen MR) is 84.6 cm³/mol. The Balaban J connectivity index is 1.79. The highest BCUT2D eigenvalue weighted by atomic mass is 35.5. The molecule has 1 aliphatic rings. The van der Waals surface area contributed by atoms with Gasteiger partial charge < -0.3 is 15.4 Å². The van der Waals surface area contributed by atoms with Gasteiger partial charge in [0.15, 0.2) is 6.10 Å². The van der Waals surface area contributed by atoms with E-state index < -0.39 is 6.10 Å². The number of nitrogens with one attached hydrogen (secondary N) is 2. The smallest absolute Gasteiger partial charge is 0.265 e. The summed E-state index contributed by atoms with van der Waals surface area (Å²) in [5, 5.41) is 6.07. The Kier molecular flexibility index (Phi) is 3.73. The van der Waals surface area contributed by atoms with Gasteiger partial charge in [-0.25, -0.2) is 0 Å². The Morgan fingerprint density at radius 2 is 1.95 bits per heavy atom. The van der Waals surface area contributed by atoms with Gasteiger partial charge in [0.1, 0.15) is 5.75 Å². The quantitative estimate of drug-likeness (QED) is 0.893. The molecular weight excluding hydrogens is 304 g/mol. The Morgan fingerprint density at radius 3 is 2.68 bits per heavy atom. The normalized spacial score (nSPS) is 16.3. The Labute approximate surface area is 132 Å². The van der Waals surface area contributed by atoms with Crippen molar-refractivity contribution >= 4 is 34.8 Å². The number of amides is 2. The van der Waals surface area contributed by atoms with Crippen LogP contribution in [0.1, 0.15) is 17.3 Å². The van der Waals surface area contributed by atoms with Gasteiger partial charge in [0.05, 0.1) is 5.69 Å². The van der Waals surface area contributed by atoms with E-state index in [4.69, 9.17) is 16.3 Å². The van der Waals surface area contributed by atoms with Crippen LogP contribution in [-0.2, 0) is 4.79 Å². The fourth-order valence-corrected chi connectivity index (χ4v) is 2.22. The number of anilines is 2. The van der Waals surface area contributed by atoms with Gasteiger partial charge in [-0.1, -0.05) is 11.6 Å². The molecule has 0 saturated heterocycles. The third-order valence-electron chi connectivity index (χ3n) is 3.27. The molecule has 0 saturated carbocycles. The second kappa shape index (κ2) is 5.69. The fraction of sp³-hybridized carbons (Fsp3) is 0.125. The molecule has 0 fully saturated rings. The maximum Gasteiger partial charge on any atom is 0.265 e. The standard InChI is InChI=1S/C16H13ClN2O3/c1-9-15(20)19-13-8-12(6-7-14(13)22-9)18-16(21)10-2-4-11(17)5-3-10/h2-9H,1H3,(H,18,21)(H,19,20)/t9-/m1/s1. The monoisotopic (exact) mass is 316 g/mol. The minimum absolute atomic E-state index is 0.214. The molecule has 112 valence electrons. The lowest BCUT2D eigenvalue weighted by Gasteiger charge is -2.23. The van der Waals surface area contributed by atoms with E-state index >= 15 is 0 Å². The predicted octanol–water partition coefficient (Wildman–Crippen LogP) is 3.31. The molecule has 2 N–H and O–H groups in total. The van der Waals surface area contributed by atoms with Crippen LogP contribution in [0.5, 0.6) is 5.75 Å². The first-order chi connectivity index (χ1) is 10.5. The molecule has 6 heteroatoms. The summed E-state index contributed by atoms with van der Waals surface area (Å²) in [5.74, 6) is 0.110. The molecule has 0 aromatic heterocycles. The molecule has 1 heterocycles. The van der Waals surface area contributed by atoms with Crippen molar-refractivity contribution in [2.24, 2.45) is 0 Å². The molecule has 5 nitrogen and oxygen atoms in total. The summed E-state index contributed by atoms with van der Waals surface area (Å²) in [6.07, 6.45) is -0.526. The average molecular weight is 317 g/mol. The molecule has 0 spiro atoms. The van der Waals surface area contributed by atoms with Gasteiger partial charge in [-0.2, -0.15) is 0 Å². The topological polar surface area (TPSA) is 67.4 Å². The van der Waals surface area contributed by atoms with Gasteiger partial charge in [-0.15, -0.1) is 0 Å². The minimum atomic E-state index is -0.526. The highest BCUT2D eigenvalue weighted by molar-refractivity contribution is 6.30. The van der Waals surface area contributed by atoms with E-state index in [1.54, 1.807) is 49.4 Å². The van der Waals surface area contributed by atoms with Crippen LogP contribution in [0, 0.1) is 0 Å². The number of halogens is 1. The van der Waals surface area contributed by atoms with Crippen molar-refractivity contribution in [3.05, 3.63) is 53.1 Å². The molecule has 2 amide bonds. The van der Waals surface area contributed by atoms with Crippen LogP contribution in [0.25, 0.3) is 0 Å². The van der Waals surface area contributed by atoms with Crippen molar-refractivity contribution in [2.45, 2.75) is 13.0 Å². The highest BCUT2D eigenvalue weighted by Crippen LogP contribution is 2.32. The molecule has 1 atom stereocenters. The van der Waals surface area contributed by atoms with Crippen LogP contribution < -0.4 is 15.4 Å². The lowest BCUT2D eigenvalue weighted by atomic mass is 10.2. The summed E-state index contributed by atoms with van der Waals surface area (Å²) in [4.78, 5) is 23.7. The van der Waals surface area contributed by atoms with Crippen LogP contribution in [0.4, 0.5) is 11.4 Å². The zero-order chi connectivity index (χ0) is 15.7. The molecule has 2 aromatic carbocycles. The molecular formula is C16H13ClN2O3. The van der Waals surface area contributed by atoms with Crippen molar-refractivity contribution in [1.29, 1.82) is 0 Å². The Bertz CT molecular complexity index is 744. The molecule has 3 rings (SSSR count). The Hall–Kier alpha value is -2.53. The molecule has 22 heavy (non-hydrogen) atoms. The molecule has 0 unspecified atom stereocenters. The molecule has 0 aliphatic carbocycles. The van der Waals surface area contributed by atoms with Gasteiger partial charge in [-0.05, 0) is 49.4 Å². The summed E-state index contributed by atoms with van der Waals surface area (Å²) in [6.45, 7) is 1.68. The zero-order valence-corrected chi connectivity index (χ0v) is 12.5. The van der Waals surface area contributed by atoms with E-state index in [9.17, 15) is 9.59 Å². The first-order valence-corrected chi connectivity index (χ1v) is 7.09. The molecule has 0 radical (unpaired) electrons. The first kappa shape index (κ1) is 14.4. The first-order valence-electron chi connectivity index (χ1n) is 6.71. The van der Waals surface area contributed by atoms with Gasteiger partial charge in [0.25, 0.3) is 11.8 Å². The maximum absolute atomic E-state index is 12.1. The number of hydrogen-bond donors (Lipinski definition) is 2. The largest absolute Gasteiger partial charge is 0.479 e. The third-order valence-corrected chi connectivity index (χ3v) is 3.53. The van der Waals surface area contributed by atoms with Crippen molar-refractivity contribution < 1.29 is 14.3 Å². The number of benzene rings is 2. The fourth-order valence-electron chi connectivity index (χ4n) is 2.09. The van der Waals surface area contributed by atoms with E-state index in [1.807, 2.05) is 0 Å². The number of carbonyl (C=O) groups is 2.